The Morgan fingerprint density at radius 2 is 1.85 bits per heavy atom. The van der Waals surface area contributed by atoms with E-state index in [-0.39, 0.29) is 11.1 Å². The number of hydrogen-bond donors (Lipinski definition) is 1. The molecule has 0 spiro atoms. The van der Waals surface area contributed by atoms with E-state index in [1.54, 1.807) is 28.8 Å². The summed E-state index contributed by atoms with van der Waals surface area (Å²) in [5.41, 5.74) is 1.07. The summed E-state index contributed by atoms with van der Waals surface area (Å²) in [5, 5.41) is 3.11. The van der Waals surface area contributed by atoms with Crippen LogP contribution in [0, 0.1) is 0 Å². The summed E-state index contributed by atoms with van der Waals surface area (Å²) < 4.78 is 17.3. The second-order valence-electron chi connectivity index (χ2n) is 7.72. The topological polar surface area (TPSA) is 109 Å². The van der Waals surface area contributed by atoms with Crippen molar-refractivity contribution in [1.29, 1.82) is 0 Å². The molecule has 0 atom stereocenters. The van der Waals surface area contributed by atoms with Crippen LogP contribution >= 0.6 is 0 Å². The first-order valence-corrected chi connectivity index (χ1v) is 10.7. The lowest BCUT2D eigenvalue weighted by molar-refractivity contribution is -0.119. The Balaban J connectivity index is 1.44. The van der Waals surface area contributed by atoms with Gasteiger partial charge < -0.3 is 19.5 Å². The lowest BCUT2D eigenvalue weighted by atomic mass is 10.1. The van der Waals surface area contributed by atoms with E-state index in [9.17, 15) is 14.4 Å². The Hall–Kier alpha value is -3.88. The van der Waals surface area contributed by atoms with Crippen LogP contribution in [-0.4, -0.2) is 42.3 Å². The molecule has 9 nitrogen and oxygen atoms in total. The fourth-order valence-electron chi connectivity index (χ4n) is 3.87. The van der Waals surface area contributed by atoms with Crippen LogP contribution in [0.4, 0.5) is 5.69 Å². The van der Waals surface area contributed by atoms with Gasteiger partial charge in [0.25, 0.3) is 11.5 Å². The van der Waals surface area contributed by atoms with Gasteiger partial charge in [0.15, 0.2) is 18.1 Å². The first-order valence-electron chi connectivity index (χ1n) is 10.7. The molecule has 0 bridgehead atoms. The third kappa shape index (κ3) is 4.82. The Morgan fingerprint density at radius 3 is 2.64 bits per heavy atom. The third-order valence-electron chi connectivity index (χ3n) is 5.55. The summed E-state index contributed by atoms with van der Waals surface area (Å²) in [6, 6.07) is 9.56. The Labute approximate surface area is 190 Å². The van der Waals surface area contributed by atoms with E-state index >= 15 is 0 Å². The molecule has 1 aliphatic heterocycles. The molecule has 1 amide bonds. The van der Waals surface area contributed by atoms with E-state index < -0.39 is 18.5 Å². The van der Waals surface area contributed by atoms with Gasteiger partial charge in [0.2, 0.25) is 0 Å². The number of rotatable bonds is 6. The molecule has 4 rings (SSSR count). The Kier molecular flexibility index (Phi) is 6.58. The lowest BCUT2D eigenvalue weighted by Crippen LogP contribution is -2.25. The van der Waals surface area contributed by atoms with Gasteiger partial charge in [0.05, 0.1) is 30.7 Å². The predicted octanol–water partition coefficient (Wildman–Crippen LogP) is 2.94. The molecule has 0 saturated heterocycles. The second kappa shape index (κ2) is 9.72. The van der Waals surface area contributed by atoms with E-state index in [0.717, 1.165) is 31.5 Å². The number of aromatic nitrogens is 2. The molecule has 172 valence electrons. The molecule has 1 aliphatic rings. The van der Waals surface area contributed by atoms with Crippen molar-refractivity contribution in [3.8, 4) is 11.5 Å². The number of fused-ring (bicyclic) bond motifs is 2. The molecular weight excluding hydrogens is 426 g/mol. The molecule has 0 radical (unpaired) electrons. The van der Waals surface area contributed by atoms with E-state index in [1.165, 1.54) is 26.4 Å². The molecule has 2 heterocycles. The number of amides is 1. The highest BCUT2D eigenvalue weighted by atomic mass is 16.5. The van der Waals surface area contributed by atoms with Gasteiger partial charge in [-0.15, -0.1) is 0 Å². The van der Waals surface area contributed by atoms with Gasteiger partial charge in [-0.1, -0.05) is 6.42 Å². The zero-order valence-corrected chi connectivity index (χ0v) is 18.6. The van der Waals surface area contributed by atoms with Crippen LogP contribution in [0.3, 0.4) is 0 Å². The number of hydrogen-bond acceptors (Lipinski definition) is 7. The highest BCUT2D eigenvalue weighted by Gasteiger charge is 2.17. The average Bonchev–Trinajstić information content (AvgIpc) is 3.08. The Bertz CT molecular complexity index is 1270. The first kappa shape index (κ1) is 22.3. The third-order valence-corrected chi connectivity index (χ3v) is 5.55. The maximum atomic E-state index is 12.8. The minimum absolute atomic E-state index is 0.0916. The second-order valence-corrected chi connectivity index (χ2v) is 7.72. The molecule has 3 aromatic rings. The highest BCUT2D eigenvalue weighted by molar-refractivity contribution is 5.97. The molecule has 0 fully saturated rings. The van der Waals surface area contributed by atoms with E-state index in [4.69, 9.17) is 14.2 Å². The SMILES string of the molecule is COc1ccc(NC(=O)COC(=O)c2ccc3c(=O)n4c(nc3c2)CCCCC4)cc1OC. The number of esters is 1. The fourth-order valence-corrected chi connectivity index (χ4v) is 3.87. The largest absolute Gasteiger partial charge is 0.493 e. The van der Waals surface area contributed by atoms with Crippen molar-refractivity contribution in [2.24, 2.45) is 0 Å². The Morgan fingerprint density at radius 1 is 1.03 bits per heavy atom. The maximum Gasteiger partial charge on any atom is 0.338 e. The van der Waals surface area contributed by atoms with Gasteiger partial charge in [0, 0.05) is 24.7 Å². The van der Waals surface area contributed by atoms with Crippen LogP contribution in [0.25, 0.3) is 10.9 Å². The molecule has 2 aromatic carbocycles. The van der Waals surface area contributed by atoms with E-state index in [2.05, 4.69) is 10.3 Å². The van der Waals surface area contributed by atoms with Gasteiger partial charge in [-0.05, 0) is 43.2 Å². The molecule has 1 N–H and O–H groups in total. The number of carbonyl (C=O) groups is 2. The van der Waals surface area contributed by atoms with Gasteiger partial charge in [-0.2, -0.15) is 0 Å². The zero-order valence-electron chi connectivity index (χ0n) is 18.6. The highest BCUT2D eigenvalue weighted by Crippen LogP contribution is 2.29. The summed E-state index contributed by atoms with van der Waals surface area (Å²) in [5.74, 6) is 0.562. The van der Waals surface area contributed by atoms with E-state index in [0.29, 0.717) is 34.6 Å². The molecule has 9 heteroatoms. The monoisotopic (exact) mass is 451 g/mol. The number of methoxy groups -OCH3 is 2. The number of benzene rings is 2. The summed E-state index contributed by atoms with van der Waals surface area (Å²) in [7, 11) is 3.01. The van der Waals surface area contributed by atoms with Gasteiger partial charge >= 0.3 is 5.97 Å². The van der Waals surface area contributed by atoms with Crippen LogP contribution in [0.5, 0.6) is 11.5 Å². The molecule has 0 saturated carbocycles. The predicted molar refractivity (Wildman–Crippen MR) is 122 cm³/mol. The number of anilines is 1. The zero-order chi connectivity index (χ0) is 23.4. The molecule has 33 heavy (non-hydrogen) atoms. The van der Waals surface area contributed by atoms with Crippen LogP contribution < -0.4 is 20.3 Å². The van der Waals surface area contributed by atoms with Crippen molar-refractivity contribution in [2.75, 3.05) is 26.1 Å². The van der Waals surface area contributed by atoms with Crippen molar-refractivity contribution in [2.45, 2.75) is 32.2 Å². The van der Waals surface area contributed by atoms with Crippen LogP contribution in [-0.2, 0) is 22.5 Å². The first-order chi connectivity index (χ1) is 16.0. The number of ether oxygens (including phenoxy) is 3. The summed E-state index contributed by atoms with van der Waals surface area (Å²) in [6.07, 6.45) is 3.73. The van der Waals surface area contributed by atoms with Crippen molar-refractivity contribution >= 4 is 28.5 Å². The summed E-state index contributed by atoms with van der Waals surface area (Å²) in [6.45, 7) is 0.196. The van der Waals surface area contributed by atoms with Crippen molar-refractivity contribution in [3.05, 3.63) is 58.1 Å². The number of nitrogens with zero attached hydrogens (tertiary/aromatic N) is 2. The minimum atomic E-state index is -0.670. The number of nitrogens with one attached hydrogen (secondary N) is 1. The van der Waals surface area contributed by atoms with Crippen molar-refractivity contribution in [1.82, 2.24) is 9.55 Å². The number of carbonyl (C=O) groups excluding carboxylic acids is 2. The van der Waals surface area contributed by atoms with E-state index in [1.807, 2.05) is 0 Å². The molecule has 0 aliphatic carbocycles. The van der Waals surface area contributed by atoms with Crippen LogP contribution in [0.2, 0.25) is 0 Å². The van der Waals surface area contributed by atoms with Crippen LogP contribution in [0.1, 0.15) is 35.4 Å². The van der Waals surface area contributed by atoms with Crippen LogP contribution in [0.15, 0.2) is 41.2 Å². The molecule has 0 unspecified atom stereocenters. The maximum absolute atomic E-state index is 12.8. The lowest BCUT2D eigenvalue weighted by Gasteiger charge is -2.11. The summed E-state index contributed by atoms with van der Waals surface area (Å²) >= 11 is 0. The average molecular weight is 451 g/mol. The fraction of sp³-hybridized carbons (Fsp3) is 0.333. The minimum Gasteiger partial charge on any atom is -0.493 e. The molecule has 1 aromatic heterocycles. The van der Waals surface area contributed by atoms with Gasteiger partial charge in [0.1, 0.15) is 5.82 Å². The van der Waals surface area contributed by atoms with Gasteiger partial charge in [-0.3, -0.25) is 14.2 Å². The summed E-state index contributed by atoms with van der Waals surface area (Å²) in [4.78, 5) is 42.2. The van der Waals surface area contributed by atoms with Gasteiger partial charge in [-0.25, -0.2) is 9.78 Å². The van der Waals surface area contributed by atoms with Crippen molar-refractivity contribution in [3.63, 3.8) is 0 Å². The quantitative estimate of drug-likeness (QED) is 0.574. The smallest absolute Gasteiger partial charge is 0.338 e. The number of aryl methyl sites for hydroxylation is 1. The standard InChI is InChI=1S/C24H25N3O6/c1-31-19-10-8-16(13-20(19)32-2)25-22(28)14-33-24(30)15-7-9-17-18(12-15)26-21-6-4-3-5-11-27(21)23(17)29/h7-10,12-13H,3-6,11,14H2,1-2H3,(H,25,28). The van der Waals surface area contributed by atoms with Crippen molar-refractivity contribution < 1.29 is 23.8 Å². The molecular formula is C24H25N3O6. The normalized spacial score (nSPS) is 13.0.